The van der Waals surface area contributed by atoms with Gasteiger partial charge in [-0.15, -0.1) is 11.3 Å². The third-order valence-electron chi connectivity index (χ3n) is 4.60. The standard InChI is InChI=1S/C17H16F2N6O3S2/c18-10-3-4-11(24-30(27,28)25-5-1-2-6-25)12(19)14(10)23-17(26)9-7-29-15-13(9)21-8-22-16(15)20/h3-4,7-8,24H,1-2,5-6H2,(H,23,26)(H2,20,21,22). The topological polar surface area (TPSA) is 130 Å². The Hall–Kier alpha value is -2.90. The Balaban J connectivity index is 1.63. The van der Waals surface area contributed by atoms with Gasteiger partial charge in [0, 0.05) is 18.5 Å². The molecule has 0 radical (unpaired) electrons. The van der Waals surface area contributed by atoms with Crippen molar-refractivity contribution in [1.29, 1.82) is 0 Å². The lowest BCUT2D eigenvalue weighted by Crippen LogP contribution is -2.33. The second-order valence-corrected chi connectivity index (χ2v) is 9.09. The van der Waals surface area contributed by atoms with Crippen molar-refractivity contribution in [3.8, 4) is 0 Å². The van der Waals surface area contributed by atoms with Crippen molar-refractivity contribution < 1.29 is 22.0 Å². The molecule has 3 heterocycles. The number of thiophene rings is 1. The Labute approximate surface area is 174 Å². The minimum absolute atomic E-state index is 0.0611. The molecule has 30 heavy (non-hydrogen) atoms. The first kappa shape index (κ1) is 20.4. The summed E-state index contributed by atoms with van der Waals surface area (Å²) in [5.74, 6) is -2.94. The quantitative estimate of drug-likeness (QED) is 0.543. The van der Waals surface area contributed by atoms with Crippen LogP contribution in [-0.2, 0) is 10.2 Å². The van der Waals surface area contributed by atoms with Crippen LogP contribution in [0.3, 0.4) is 0 Å². The maximum atomic E-state index is 14.9. The average molecular weight is 454 g/mol. The van der Waals surface area contributed by atoms with Crippen molar-refractivity contribution in [3.63, 3.8) is 0 Å². The van der Waals surface area contributed by atoms with E-state index >= 15 is 0 Å². The molecule has 9 nitrogen and oxygen atoms in total. The highest BCUT2D eigenvalue weighted by molar-refractivity contribution is 7.90. The zero-order valence-corrected chi connectivity index (χ0v) is 17.0. The molecule has 2 aromatic heterocycles. The first-order chi connectivity index (χ1) is 14.3. The molecule has 3 aromatic rings. The molecule has 1 aliphatic rings. The smallest absolute Gasteiger partial charge is 0.301 e. The van der Waals surface area contributed by atoms with Gasteiger partial charge in [0.25, 0.3) is 5.91 Å². The van der Waals surface area contributed by atoms with Crippen LogP contribution in [0.1, 0.15) is 23.2 Å². The third-order valence-corrected chi connectivity index (χ3v) is 7.11. The van der Waals surface area contributed by atoms with Gasteiger partial charge in [0.15, 0.2) is 5.82 Å². The number of nitrogens with two attached hydrogens (primary N) is 1. The highest BCUT2D eigenvalue weighted by atomic mass is 32.2. The maximum Gasteiger partial charge on any atom is 0.301 e. The molecule has 1 saturated heterocycles. The minimum Gasteiger partial charge on any atom is -0.382 e. The van der Waals surface area contributed by atoms with E-state index in [0.717, 1.165) is 23.5 Å². The SMILES string of the molecule is Nc1ncnc2c(C(=O)Nc3c(F)ccc(NS(=O)(=O)N4CCCC4)c3F)csc12. The summed E-state index contributed by atoms with van der Waals surface area (Å²) < 4.78 is 57.7. The number of anilines is 3. The first-order valence-corrected chi connectivity index (χ1v) is 11.1. The summed E-state index contributed by atoms with van der Waals surface area (Å²) in [5.41, 5.74) is 4.80. The molecule has 0 spiro atoms. The van der Waals surface area contributed by atoms with E-state index in [0.29, 0.717) is 30.6 Å². The molecule has 1 amide bonds. The Kier molecular flexibility index (Phi) is 5.26. The number of hydrogen-bond acceptors (Lipinski definition) is 7. The number of carbonyl (C=O) groups is 1. The van der Waals surface area contributed by atoms with Crippen molar-refractivity contribution in [2.24, 2.45) is 0 Å². The van der Waals surface area contributed by atoms with E-state index in [2.05, 4.69) is 20.0 Å². The van der Waals surface area contributed by atoms with Gasteiger partial charge < -0.3 is 11.1 Å². The summed E-state index contributed by atoms with van der Waals surface area (Å²) in [6, 6.07) is 1.83. The number of fused-ring (bicyclic) bond motifs is 1. The molecule has 4 rings (SSSR count). The van der Waals surface area contributed by atoms with Crippen LogP contribution in [0.5, 0.6) is 0 Å². The molecule has 0 unspecified atom stereocenters. The largest absolute Gasteiger partial charge is 0.382 e. The molecule has 158 valence electrons. The summed E-state index contributed by atoms with van der Waals surface area (Å²) in [6.07, 6.45) is 2.59. The molecular weight excluding hydrogens is 438 g/mol. The Bertz CT molecular complexity index is 1240. The van der Waals surface area contributed by atoms with Gasteiger partial charge in [0.2, 0.25) is 0 Å². The van der Waals surface area contributed by atoms with Crippen LogP contribution in [0, 0.1) is 11.6 Å². The lowest BCUT2D eigenvalue weighted by atomic mass is 10.2. The molecule has 1 aromatic carbocycles. The average Bonchev–Trinajstić information content (AvgIpc) is 3.38. The van der Waals surface area contributed by atoms with E-state index in [-0.39, 0.29) is 16.9 Å². The summed E-state index contributed by atoms with van der Waals surface area (Å²) in [5, 5.41) is 3.60. The van der Waals surface area contributed by atoms with Crippen LogP contribution in [0.4, 0.5) is 26.0 Å². The van der Waals surface area contributed by atoms with Gasteiger partial charge in [0.05, 0.1) is 21.5 Å². The Morgan fingerprint density at radius 3 is 2.67 bits per heavy atom. The van der Waals surface area contributed by atoms with Gasteiger partial charge in [-0.3, -0.25) is 9.52 Å². The fraction of sp³-hybridized carbons (Fsp3) is 0.235. The zero-order chi connectivity index (χ0) is 21.5. The van der Waals surface area contributed by atoms with Gasteiger partial charge >= 0.3 is 10.2 Å². The molecule has 0 bridgehead atoms. The molecule has 4 N–H and O–H groups in total. The van der Waals surface area contributed by atoms with Gasteiger partial charge in [-0.1, -0.05) is 0 Å². The molecule has 13 heteroatoms. The predicted molar refractivity (Wildman–Crippen MR) is 109 cm³/mol. The summed E-state index contributed by atoms with van der Waals surface area (Å²) in [6.45, 7) is 0.635. The van der Waals surface area contributed by atoms with E-state index in [1.807, 2.05) is 0 Å². The molecule has 1 aliphatic heterocycles. The lowest BCUT2D eigenvalue weighted by molar-refractivity contribution is 0.102. The first-order valence-electron chi connectivity index (χ1n) is 8.83. The van der Waals surface area contributed by atoms with Gasteiger partial charge in [0.1, 0.15) is 23.6 Å². The number of rotatable bonds is 5. The van der Waals surface area contributed by atoms with Crippen LogP contribution in [0.2, 0.25) is 0 Å². The van der Waals surface area contributed by atoms with E-state index in [4.69, 9.17) is 5.73 Å². The maximum absolute atomic E-state index is 14.9. The molecular formula is C17H16F2N6O3S2. The number of halogens is 2. The Morgan fingerprint density at radius 2 is 1.93 bits per heavy atom. The van der Waals surface area contributed by atoms with Crippen molar-refractivity contribution >= 4 is 54.9 Å². The van der Waals surface area contributed by atoms with Crippen molar-refractivity contribution in [1.82, 2.24) is 14.3 Å². The number of nitrogens with zero attached hydrogens (tertiary/aromatic N) is 3. The van der Waals surface area contributed by atoms with Gasteiger partial charge in [-0.05, 0) is 25.0 Å². The van der Waals surface area contributed by atoms with E-state index < -0.39 is 39.1 Å². The number of hydrogen-bond donors (Lipinski definition) is 3. The minimum atomic E-state index is -3.99. The van der Waals surface area contributed by atoms with E-state index in [1.54, 1.807) is 0 Å². The lowest BCUT2D eigenvalue weighted by Gasteiger charge is -2.18. The summed E-state index contributed by atoms with van der Waals surface area (Å²) in [4.78, 5) is 20.4. The van der Waals surface area contributed by atoms with Crippen molar-refractivity contribution in [2.45, 2.75) is 12.8 Å². The highest BCUT2D eigenvalue weighted by Crippen LogP contribution is 2.31. The van der Waals surface area contributed by atoms with Gasteiger partial charge in [-0.25, -0.2) is 18.7 Å². The molecule has 0 atom stereocenters. The number of nitrogen functional groups attached to an aromatic ring is 1. The highest BCUT2D eigenvalue weighted by Gasteiger charge is 2.27. The zero-order valence-electron chi connectivity index (χ0n) is 15.4. The number of carbonyl (C=O) groups excluding carboxylic acids is 1. The van der Waals surface area contributed by atoms with Crippen molar-refractivity contribution in [2.75, 3.05) is 28.9 Å². The number of nitrogens with one attached hydrogen (secondary N) is 2. The van der Waals surface area contributed by atoms with Crippen LogP contribution in [0.15, 0.2) is 23.8 Å². The second kappa shape index (κ2) is 7.74. The van der Waals surface area contributed by atoms with E-state index in [9.17, 15) is 22.0 Å². The third kappa shape index (κ3) is 3.66. The summed E-state index contributed by atoms with van der Waals surface area (Å²) >= 11 is 1.12. The van der Waals surface area contributed by atoms with Crippen LogP contribution in [-0.4, -0.2) is 41.7 Å². The predicted octanol–water partition coefficient (Wildman–Crippen LogP) is 2.56. The Morgan fingerprint density at radius 1 is 1.20 bits per heavy atom. The molecule has 0 aliphatic carbocycles. The number of aromatic nitrogens is 2. The van der Waals surface area contributed by atoms with Crippen LogP contribution < -0.4 is 15.8 Å². The van der Waals surface area contributed by atoms with E-state index in [1.165, 1.54) is 16.0 Å². The monoisotopic (exact) mass is 454 g/mol. The second-order valence-electron chi connectivity index (χ2n) is 6.54. The molecule has 0 saturated carbocycles. The molecule has 1 fully saturated rings. The fourth-order valence-corrected chi connectivity index (χ4v) is 5.29. The summed E-state index contributed by atoms with van der Waals surface area (Å²) in [7, 11) is -3.99. The number of benzene rings is 1. The van der Waals surface area contributed by atoms with Gasteiger partial charge in [-0.2, -0.15) is 12.7 Å². The number of amides is 1. The fourth-order valence-electron chi connectivity index (χ4n) is 3.09. The van der Waals surface area contributed by atoms with Crippen LogP contribution >= 0.6 is 11.3 Å². The normalized spacial score (nSPS) is 14.9. The van der Waals surface area contributed by atoms with Crippen LogP contribution in [0.25, 0.3) is 10.2 Å². The van der Waals surface area contributed by atoms with Crippen molar-refractivity contribution in [3.05, 3.63) is 41.0 Å².